The van der Waals surface area contributed by atoms with Crippen molar-refractivity contribution in [3.05, 3.63) is 0 Å². The molecule has 0 aromatic carbocycles. The first kappa shape index (κ1) is 7.88. The quantitative estimate of drug-likeness (QED) is 0.575. The van der Waals surface area contributed by atoms with E-state index in [-0.39, 0.29) is 0 Å². The van der Waals surface area contributed by atoms with Gasteiger partial charge < -0.3 is 0 Å². The average Bonchev–Trinajstić information content (AvgIpc) is 1.86. The first-order chi connectivity index (χ1) is 4.34. The zero-order chi connectivity index (χ0) is 6.69. The summed E-state index contributed by atoms with van der Waals surface area (Å²) in [4.78, 5) is 0. The molecule has 1 aliphatic carbocycles. The van der Waals surface area contributed by atoms with E-state index in [0.29, 0.717) is 0 Å². The van der Waals surface area contributed by atoms with Gasteiger partial charge in [0.15, 0.2) is 0 Å². The highest BCUT2D eigenvalue weighted by atomic mass is 32.2. The van der Waals surface area contributed by atoms with E-state index in [1.165, 1.54) is 24.1 Å². The van der Waals surface area contributed by atoms with Crippen LogP contribution in [0.1, 0.15) is 19.8 Å². The lowest BCUT2D eigenvalue weighted by atomic mass is 9.76. The molecule has 0 N–H and O–H groups in total. The maximum atomic E-state index is 2.76. The van der Waals surface area contributed by atoms with Crippen LogP contribution < -0.4 is 0 Å². The van der Waals surface area contributed by atoms with Crippen LogP contribution in [-0.4, -0.2) is 11.2 Å². The van der Waals surface area contributed by atoms with Crippen molar-refractivity contribution >= 4 is 21.0 Å². The van der Waals surface area contributed by atoms with Gasteiger partial charge in [-0.05, 0) is 24.0 Å². The molecule has 0 spiro atoms. The second kappa shape index (κ2) is 3.83. The smallest absolute Gasteiger partial charge is 0.00789 e. The second-order valence-electron chi connectivity index (χ2n) is 2.85. The molecule has 3 atom stereocenters. The minimum Gasteiger partial charge on any atom is -0.158 e. The number of hydrogen-bond acceptors (Lipinski definition) is 1. The molecule has 0 nitrogen and oxygen atoms in total. The third-order valence-electron chi connectivity index (χ3n) is 2.25. The lowest BCUT2D eigenvalue weighted by molar-refractivity contribution is 0.224. The standard InChI is InChI=1S/C7H15PS/c1-6-2-3-7(6)4-9-5-8/h6-7H,2-5,8H2,1H3/t6-,7-/m0/s1. The summed E-state index contributed by atoms with van der Waals surface area (Å²) in [6, 6.07) is 0. The summed E-state index contributed by atoms with van der Waals surface area (Å²) in [5, 5.41) is 0. The van der Waals surface area contributed by atoms with Crippen LogP contribution in [-0.2, 0) is 0 Å². The van der Waals surface area contributed by atoms with Gasteiger partial charge in [-0.15, -0.1) is 9.24 Å². The minimum absolute atomic E-state index is 1.02. The third kappa shape index (κ3) is 2.13. The SMILES string of the molecule is C[C@H]1CC[C@H]1CSCP. The Balaban J connectivity index is 1.99. The Morgan fingerprint density at radius 3 is 2.67 bits per heavy atom. The Morgan fingerprint density at radius 1 is 1.56 bits per heavy atom. The predicted molar refractivity (Wildman–Crippen MR) is 48.9 cm³/mol. The molecule has 1 saturated carbocycles. The highest BCUT2D eigenvalue weighted by Crippen LogP contribution is 2.36. The van der Waals surface area contributed by atoms with Crippen molar-refractivity contribution in [1.29, 1.82) is 0 Å². The van der Waals surface area contributed by atoms with E-state index in [1.807, 2.05) is 0 Å². The largest absolute Gasteiger partial charge is 0.158 e. The van der Waals surface area contributed by atoms with E-state index in [2.05, 4.69) is 27.9 Å². The van der Waals surface area contributed by atoms with E-state index >= 15 is 0 Å². The zero-order valence-corrected chi connectivity index (χ0v) is 7.94. The van der Waals surface area contributed by atoms with Crippen LogP contribution in [0.3, 0.4) is 0 Å². The van der Waals surface area contributed by atoms with E-state index in [0.717, 1.165) is 11.8 Å². The normalized spacial score (nSPS) is 34.0. The minimum atomic E-state index is 1.02. The van der Waals surface area contributed by atoms with Crippen molar-refractivity contribution in [3.8, 4) is 0 Å². The lowest BCUT2D eigenvalue weighted by Gasteiger charge is -2.33. The third-order valence-corrected chi connectivity index (χ3v) is 3.85. The topological polar surface area (TPSA) is 0 Å². The number of rotatable bonds is 3. The molecule has 0 aromatic rings. The van der Waals surface area contributed by atoms with Gasteiger partial charge in [0.25, 0.3) is 0 Å². The molecule has 1 aliphatic rings. The lowest BCUT2D eigenvalue weighted by Crippen LogP contribution is -2.24. The van der Waals surface area contributed by atoms with Crippen molar-refractivity contribution in [3.63, 3.8) is 0 Å². The zero-order valence-electron chi connectivity index (χ0n) is 5.97. The fourth-order valence-electron chi connectivity index (χ4n) is 1.20. The van der Waals surface area contributed by atoms with Crippen LogP contribution in [0.5, 0.6) is 0 Å². The Bertz CT molecular complexity index is 85.0. The Morgan fingerprint density at radius 2 is 2.33 bits per heavy atom. The molecular formula is C7H15PS. The van der Waals surface area contributed by atoms with Gasteiger partial charge in [-0.2, -0.15) is 11.8 Å². The van der Waals surface area contributed by atoms with E-state index in [1.54, 1.807) is 0 Å². The molecular weight excluding hydrogens is 147 g/mol. The molecule has 54 valence electrons. The van der Waals surface area contributed by atoms with Gasteiger partial charge in [0, 0.05) is 5.49 Å². The molecule has 0 bridgehead atoms. The van der Waals surface area contributed by atoms with Gasteiger partial charge in [0.2, 0.25) is 0 Å². The molecule has 9 heavy (non-hydrogen) atoms. The average molecular weight is 162 g/mol. The van der Waals surface area contributed by atoms with Gasteiger partial charge in [-0.1, -0.05) is 13.3 Å². The van der Waals surface area contributed by atoms with Crippen LogP contribution in [0.25, 0.3) is 0 Å². The predicted octanol–water partition coefficient (Wildman–Crippen LogP) is 2.60. The molecule has 2 heteroatoms. The summed E-state index contributed by atoms with van der Waals surface area (Å²) in [5.74, 6) is 3.47. The Labute approximate surface area is 64.4 Å². The van der Waals surface area contributed by atoms with Crippen LogP contribution in [0, 0.1) is 11.8 Å². The molecule has 0 saturated heterocycles. The highest BCUT2D eigenvalue weighted by molar-refractivity contribution is 8.02. The van der Waals surface area contributed by atoms with Gasteiger partial charge >= 0.3 is 0 Å². The Kier molecular flexibility index (Phi) is 3.35. The number of hydrogen-bond donors (Lipinski definition) is 0. The summed E-state index contributed by atoms with van der Waals surface area (Å²) in [6.07, 6.45) is 2.96. The van der Waals surface area contributed by atoms with Crippen molar-refractivity contribution in [2.75, 3.05) is 11.2 Å². The second-order valence-corrected chi connectivity index (χ2v) is 4.93. The van der Waals surface area contributed by atoms with Gasteiger partial charge in [0.1, 0.15) is 0 Å². The maximum Gasteiger partial charge on any atom is 0.00789 e. The van der Waals surface area contributed by atoms with E-state index < -0.39 is 0 Å². The summed E-state index contributed by atoms with van der Waals surface area (Å²) in [7, 11) is 2.76. The maximum absolute atomic E-state index is 2.76. The molecule has 1 rings (SSSR count). The molecule has 0 radical (unpaired) electrons. The van der Waals surface area contributed by atoms with Crippen LogP contribution in [0.4, 0.5) is 0 Å². The van der Waals surface area contributed by atoms with Gasteiger partial charge in [-0.25, -0.2) is 0 Å². The van der Waals surface area contributed by atoms with Crippen LogP contribution in [0.15, 0.2) is 0 Å². The first-order valence-corrected chi connectivity index (χ1v) is 5.59. The van der Waals surface area contributed by atoms with Crippen LogP contribution >= 0.6 is 21.0 Å². The van der Waals surface area contributed by atoms with Gasteiger partial charge in [-0.3, -0.25) is 0 Å². The summed E-state index contributed by atoms with van der Waals surface area (Å²) in [5.41, 5.74) is 1.21. The van der Waals surface area contributed by atoms with E-state index in [9.17, 15) is 0 Å². The molecule has 1 unspecified atom stereocenters. The summed E-state index contributed by atoms with van der Waals surface area (Å²) < 4.78 is 0. The molecule has 0 aliphatic heterocycles. The first-order valence-electron chi connectivity index (χ1n) is 3.62. The fraction of sp³-hybridized carbons (Fsp3) is 1.00. The van der Waals surface area contributed by atoms with E-state index in [4.69, 9.17) is 0 Å². The van der Waals surface area contributed by atoms with Crippen molar-refractivity contribution in [2.45, 2.75) is 19.8 Å². The van der Waals surface area contributed by atoms with Gasteiger partial charge in [0.05, 0.1) is 0 Å². The molecule has 1 fully saturated rings. The Hall–Kier alpha value is 0.780. The molecule has 0 amide bonds. The summed E-state index contributed by atoms with van der Waals surface area (Å²) in [6.45, 7) is 2.37. The summed E-state index contributed by atoms with van der Waals surface area (Å²) >= 11 is 2.06. The fourth-order valence-corrected chi connectivity index (χ4v) is 2.54. The molecule has 0 aromatic heterocycles. The highest BCUT2D eigenvalue weighted by Gasteiger charge is 2.25. The monoisotopic (exact) mass is 162 g/mol. The number of thioether (sulfide) groups is 1. The van der Waals surface area contributed by atoms with Crippen LogP contribution in [0.2, 0.25) is 0 Å². The van der Waals surface area contributed by atoms with Crippen molar-refractivity contribution in [1.82, 2.24) is 0 Å². The molecule has 0 heterocycles. The van der Waals surface area contributed by atoms with Crippen molar-refractivity contribution < 1.29 is 0 Å². The van der Waals surface area contributed by atoms with Crippen molar-refractivity contribution in [2.24, 2.45) is 11.8 Å².